The molecule has 0 spiro atoms. The molecule has 1 N–H and O–H groups in total. The molecule has 7 nitrogen and oxygen atoms in total. The van der Waals surface area contributed by atoms with E-state index < -0.39 is 0 Å². The van der Waals surface area contributed by atoms with Crippen molar-refractivity contribution in [1.29, 1.82) is 0 Å². The molecule has 0 aromatic heterocycles. The van der Waals surface area contributed by atoms with Gasteiger partial charge in [0.15, 0.2) is 0 Å². The zero-order valence-electron chi connectivity index (χ0n) is 15.7. The normalized spacial score (nSPS) is 18.4. The van der Waals surface area contributed by atoms with Gasteiger partial charge in [-0.3, -0.25) is 0 Å². The molecule has 27 heavy (non-hydrogen) atoms. The van der Waals surface area contributed by atoms with Crippen molar-refractivity contribution < 1.29 is 18.7 Å². The molecule has 0 aliphatic carbocycles. The van der Waals surface area contributed by atoms with E-state index in [2.05, 4.69) is 5.32 Å². The quantitative estimate of drug-likeness (QED) is 0.876. The maximum Gasteiger partial charge on any atom is 0.409 e. The standard InChI is InChI=1S/C19H27FN4O3/c1-2-27-19(26)24-9-7-15(8-10-24)21-18(25)23-13-11-22(12-14-23)17-6-4-3-5-16(17)20/h3-6,15H,2,7-14H2,1H3,(H,21,25). The van der Waals surface area contributed by atoms with Crippen molar-refractivity contribution >= 4 is 17.8 Å². The van der Waals surface area contributed by atoms with Crippen molar-refractivity contribution in [3.8, 4) is 0 Å². The van der Waals surface area contributed by atoms with Crippen LogP contribution in [-0.2, 0) is 4.74 Å². The SMILES string of the molecule is CCOC(=O)N1CCC(NC(=O)N2CCN(c3ccccc3F)CC2)CC1. The van der Waals surface area contributed by atoms with Gasteiger partial charge in [0.2, 0.25) is 0 Å². The van der Waals surface area contributed by atoms with Crippen molar-refractivity contribution in [3.63, 3.8) is 0 Å². The number of hydrogen-bond donors (Lipinski definition) is 1. The summed E-state index contributed by atoms with van der Waals surface area (Å²) < 4.78 is 18.9. The number of amides is 3. The Kier molecular flexibility index (Phi) is 6.36. The molecule has 8 heteroatoms. The topological polar surface area (TPSA) is 65.1 Å². The molecule has 3 amide bonds. The van der Waals surface area contributed by atoms with Crippen LogP contribution in [0, 0.1) is 5.82 Å². The van der Waals surface area contributed by atoms with E-state index in [9.17, 15) is 14.0 Å². The van der Waals surface area contributed by atoms with Crippen molar-refractivity contribution in [2.45, 2.75) is 25.8 Å². The molecule has 2 aliphatic rings. The Balaban J connectivity index is 1.43. The number of hydrogen-bond acceptors (Lipinski definition) is 4. The van der Waals surface area contributed by atoms with Gasteiger partial charge in [-0.05, 0) is 31.9 Å². The maximum atomic E-state index is 13.9. The summed E-state index contributed by atoms with van der Waals surface area (Å²) in [7, 11) is 0. The summed E-state index contributed by atoms with van der Waals surface area (Å²) in [5.74, 6) is -0.233. The van der Waals surface area contributed by atoms with Crippen LogP contribution >= 0.6 is 0 Å². The minimum Gasteiger partial charge on any atom is -0.450 e. The fourth-order valence-electron chi connectivity index (χ4n) is 3.55. The molecule has 1 aromatic carbocycles. The minimum atomic E-state index is -0.286. The number of halogens is 1. The molecular formula is C19H27FN4O3. The van der Waals surface area contributed by atoms with Crippen LogP contribution < -0.4 is 10.2 Å². The third-order valence-electron chi connectivity index (χ3n) is 5.11. The molecule has 148 valence electrons. The number of carbonyl (C=O) groups excluding carboxylic acids is 2. The molecule has 0 atom stereocenters. The lowest BCUT2D eigenvalue weighted by Crippen LogP contribution is -2.55. The second-order valence-corrected chi connectivity index (χ2v) is 6.84. The zero-order chi connectivity index (χ0) is 19.2. The zero-order valence-corrected chi connectivity index (χ0v) is 15.7. The van der Waals surface area contributed by atoms with Gasteiger partial charge in [0.05, 0.1) is 12.3 Å². The van der Waals surface area contributed by atoms with Gasteiger partial charge in [-0.15, -0.1) is 0 Å². The van der Waals surface area contributed by atoms with E-state index in [0.29, 0.717) is 51.6 Å². The molecule has 2 aliphatic heterocycles. The highest BCUT2D eigenvalue weighted by molar-refractivity contribution is 5.75. The van der Waals surface area contributed by atoms with Crippen LogP contribution in [0.25, 0.3) is 0 Å². The second-order valence-electron chi connectivity index (χ2n) is 6.84. The first-order valence-corrected chi connectivity index (χ1v) is 9.55. The Hall–Kier alpha value is -2.51. The van der Waals surface area contributed by atoms with Gasteiger partial charge in [-0.25, -0.2) is 14.0 Å². The highest BCUT2D eigenvalue weighted by Gasteiger charge is 2.27. The second kappa shape index (κ2) is 8.92. The van der Waals surface area contributed by atoms with Gasteiger partial charge in [-0.1, -0.05) is 12.1 Å². The summed E-state index contributed by atoms with van der Waals surface area (Å²) in [5.41, 5.74) is 0.587. The number of para-hydroxylation sites is 1. The first kappa shape index (κ1) is 19.3. The van der Waals surface area contributed by atoms with E-state index in [1.54, 1.807) is 28.9 Å². The number of carbonyl (C=O) groups is 2. The van der Waals surface area contributed by atoms with Gasteiger partial charge in [0.25, 0.3) is 0 Å². The third kappa shape index (κ3) is 4.81. The van der Waals surface area contributed by atoms with Crippen LogP contribution in [0.2, 0.25) is 0 Å². The number of likely N-dealkylation sites (tertiary alicyclic amines) is 1. The summed E-state index contributed by atoms with van der Waals surface area (Å²) in [5, 5.41) is 3.06. The average Bonchev–Trinajstić information content (AvgIpc) is 2.69. The number of anilines is 1. The number of rotatable bonds is 3. The predicted octanol–water partition coefficient (Wildman–Crippen LogP) is 2.28. The Morgan fingerprint density at radius 1 is 1.07 bits per heavy atom. The first-order chi connectivity index (χ1) is 13.1. The van der Waals surface area contributed by atoms with Gasteiger partial charge in [-0.2, -0.15) is 0 Å². The van der Waals surface area contributed by atoms with Crippen molar-refractivity contribution in [1.82, 2.24) is 15.1 Å². The fraction of sp³-hybridized carbons (Fsp3) is 0.579. The monoisotopic (exact) mass is 378 g/mol. The number of nitrogens with zero attached hydrogens (tertiary/aromatic N) is 3. The number of ether oxygens (including phenoxy) is 1. The van der Waals surface area contributed by atoms with Gasteiger partial charge in [0, 0.05) is 45.3 Å². The van der Waals surface area contributed by atoms with E-state index in [-0.39, 0.29) is 24.0 Å². The highest BCUT2D eigenvalue weighted by Crippen LogP contribution is 2.20. The predicted molar refractivity (Wildman–Crippen MR) is 100 cm³/mol. The van der Waals surface area contributed by atoms with E-state index in [1.807, 2.05) is 11.0 Å². The Morgan fingerprint density at radius 3 is 2.37 bits per heavy atom. The molecule has 0 unspecified atom stereocenters. The number of piperidine rings is 1. The maximum absolute atomic E-state index is 13.9. The van der Waals surface area contributed by atoms with Gasteiger partial charge < -0.3 is 24.8 Å². The van der Waals surface area contributed by atoms with Crippen LogP contribution in [-0.4, -0.2) is 73.8 Å². The molecule has 3 rings (SSSR count). The average molecular weight is 378 g/mol. The van der Waals surface area contributed by atoms with Gasteiger partial charge in [0.1, 0.15) is 5.82 Å². The Labute approximate surface area is 159 Å². The summed E-state index contributed by atoms with van der Waals surface area (Å²) >= 11 is 0. The molecule has 0 radical (unpaired) electrons. The molecule has 0 bridgehead atoms. The third-order valence-corrected chi connectivity index (χ3v) is 5.11. The van der Waals surface area contributed by atoms with E-state index >= 15 is 0 Å². The molecule has 2 fully saturated rings. The van der Waals surface area contributed by atoms with Crippen molar-refractivity contribution in [2.75, 3.05) is 50.8 Å². The van der Waals surface area contributed by atoms with E-state index in [1.165, 1.54) is 6.07 Å². The number of benzene rings is 1. The number of urea groups is 1. The minimum absolute atomic E-state index is 0.0628. The molecule has 2 heterocycles. The van der Waals surface area contributed by atoms with Crippen molar-refractivity contribution in [3.05, 3.63) is 30.1 Å². The lowest BCUT2D eigenvalue weighted by molar-refractivity contribution is 0.0950. The first-order valence-electron chi connectivity index (χ1n) is 9.55. The lowest BCUT2D eigenvalue weighted by atomic mass is 10.1. The van der Waals surface area contributed by atoms with Gasteiger partial charge >= 0.3 is 12.1 Å². The van der Waals surface area contributed by atoms with Crippen LogP contribution in [0.1, 0.15) is 19.8 Å². The summed E-state index contributed by atoms with van der Waals surface area (Å²) in [6, 6.07) is 6.70. The molecular weight excluding hydrogens is 351 g/mol. The molecule has 2 saturated heterocycles. The summed E-state index contributed by atoms with van der Waals surface area (Å²) in [6.45, 7) is 5.66. The Morgan fingerprint density at radius 2 is 1.74 bits per heavy atom. The lowest BCUT2D eigenvalue weighted by Gasteiger charge is -2.38. The molecule has 1 aromatic rings. The highest BCUT2D eigenvalue weighted by atomic mass is 19.1. The van der Waals surface area contributed by atoms with Crippen molar-refractivity contribution in [2.24, 2.45) is 0 Å². The number of piperazine rings is 1. The van der Waals surface area contributed by atoms with Crippen LogP contribution in [0.5, 0.6) is 0 Å². The van der Waals surface area contributed by atoms with Crippen LogP contribution in [0.15, 0.2) is 24.3 Å². The van der Waals surface area contributed by atoms with E-state index in [4.69, 9.17) is 4.74 Å². The molecule has 0 saturated carbocycles. The smallest absolute Gasteiger partial charge is 0.409 e. The summed E-state index contributed by atoms with van der Waals surface area (Å²) in [6.07, 6.45) is 1.16. The number of nitrogens with one attached hydrogen (secondary N) is 1. The summed E-state index contributed by atoms with van der Waals surface area (Å²) in [4.78, 5) is 29.7. The van der Waals surface area contributed by atoms with E-state index in [0.717, 1.165) is 12.8 Å². The fourth-order valence-corrected chi connectivity index (χ4v) is 3.55. The van der Waals surface area contributed by atoms with Crippen LogP contribution in [0.3, 0.4) is 0 Å². The largest absolute Gasteiger partial charge is 0.450 e. The Bertz CT molecular complexity index is 656. The van der Waals surface area contributed by atoms with Crippen LogP contribution in [0.4, 0.5) is 19.7 Å².